The van der Waals surface area contributed by atoms with Crippen LogP contribution >= 0.6 is 0 Å². The summed E-state index contributed by atoms with van der Waals surface area (Å²) in [6.07, 6.45) is 0.464. The molecule has 2 N–H and O–H groups in total. The smallest absolute Gasteiger partial charge is 0.274 e. The molecule has 1 aromatic heterocycles. The minimum atomic E-state index is -0.225. The van der Waals surface area contributed by atoms with Crippen molar-refractivity contribution < 1.29 is 0 Å². The number of aromatic amines is 1. The molecule has 5 heteroatoms. The van der Waals surface area contributed by atoms with E-state index in [9.17, 15) is 4.79 Å². The highest BCUT2D eigenvalue weighted by Gasteiger charge is 2.07. The molecule has 0 aliphatic carbocycles. The number of anilines is 2. The van der Waals surface area contributed by atoms with E-state index in [0.717, 1.165) is 11.3 Å². The normalized spacial score (nSPS) is 10.9. The molecule has 0 aliphatic heterocycles. The molecule has 0 aliphatic rings. The first kappa shape index (κ1) is 16.9. The van der Waals surface area contributed by atoms with Crippen LogP contribution in [0.4, 0.5) is 11.6 Å². The van der Waals surface area contributed by atoms with Gasteiger partial charge in [0.1, 0.15) is 5.69 Å². The van der Waals surface area contributed by atoms with E-state index in [-0.39, 0.29) is 5.56 Å². The number of rotatable bonds is 5. The number of benzene rings is 2. The topological polar surface area (TPSA) is 70.7 Å². The molecular formula is C20H22N4O. The van der Waals surface area contributed by atoms with Crippen LogP contribution in [0.3, 0.4) is 0 Å². The van der Waals surface area contributed by atoms with Crippen molar-refractivity contribution in [3.05, 3.63) is 81.3 Å². The zero-order chi connectivity index (χ0) is 17.8. The van der Waals surface area contributed by atoms with Crippen LogP contribution in [0, 0.1) is 6.92 Å². The third-order valence-corrected chi connectivity index (χ3v) is 4.10. The van der Waals surface area contributed by atoms with Crippen LogP contribution in [0.2, 0.25) is 0 Å². The van der Waals surface area contributed by atoms with Gasteiger partial charge in [-0.05, 0) is 36.1 Å². The van der Waals surface area contributed by atoms with Gasteiger partial charge in [0.15, 0.2) is 0 Å². The molecule has 0 saturated carbocycles. The summed E-state index contributed by atoms with van der Waals surface area (Å²) >= 11 is 0. The van der Waals surface area contributed by atoms with Crippen molar-refractivity contribution in [1.82, 2.24) is 15.2 Å². The molecule has 0 radical (unpaired) electrons. The van der Waals surface area contributed by atoms with Gasteiger partial charge in [0.05, 0.1) is 0 Å². The lowest BCUT2D eigenvalue weighted by molar-refractivity contribution is 0.865. The summed E-state index contributed by atoms with van der Waals surface area (Å²) < 4.78 is 0. The Kier molecular flexibility index (Phi) is 4.93. The zero-order valence-corrected chi connectivity index (χ0v) is 14.7. The summed E-state index contributed by atoms with van der Waals surface area (Å²) in [5.74, 6) is 0.824. The number of hydrogen-bond acceptors (Lipinski definition) is 4. The van der Waals surface area contributed by atoms with E-state index >= 15 is 0 Å². The number of nitrogens with one attached hydrogen (secondary N) is 2. The number of aromatic nitrogens is 3. The van der Waals surface area contributed by atoms with Gasteiger partial charge in [-0.1, -0.05) is 55.8 Å². The van der Waals surface area contributed by atoms with Gasteiger partial charge in [0.2, 0.25) is 5.95 Å². The standard InChI is InChI=1S/C20H22N4O/c1-13(2)16-8-10-17(11-9-16)21-20-22-19(25)18(23-24-20)12-15-6-4-14(3)5-7-15/h4-11,13H,12H2,1-3H3,(H2,21,22,24,25). The highest BCUT2D eigenvalue weighted by molar-refractivity contribution is 5.53. The molecule has 3 aromatic rings. The van der Waals surface area contributed by atoms with Crippen molar-refractivity contribution in [2.75, 3.05) is 5.32 Å². The van der Waals surface area contributed by atoms with Gasteiger partial charge in [-0.25, -0.2) is 0 Å². The Bertz CT molecular complexity index is 896. The zero-order valence-electron chi connectivity index (χ0n) is 14.7. The highest BCUT2D eigenvalue weighted by atomic mass is 16.1. The van der Waals surface area contributed by atoms with Crippen LogP contribution in [0.25, 0.3) is 0 Å². The molecule has 3 rings (SSSR count). The van der Waals surface area contributed by atoms with Gasteiger partial charge < -0.3 is 5.32 Å². The van der Waals surface area contributed by atoms with E-state index in [1.807, 2.05) is 43.3 Å². The Morgan fingerprint density at radius 1 is 1.00 bits per heavy atom. The van der Waals surface area contributed by atoms with Crippen LogP contribution < -0.4 is 10.9 Å². The molecular weight excluding hydrogens is 312 g/mol. The molecule has 0 atom stereocenters. The lowest BCUT2D eigenvalue weighted by Crippen LogP contribution is -2.18. The Hall–Kier alpha value is -2.95. The minimum Gasteiger partial charge on any atom is -0.324 e. The summed E-state index contributed by atoms with van der Waals surface area (Å²) in [4.78, 5) is 15.0. The predicted molar refractivity (Wildman–Crippen MR) is 100 cm³/mol. The largest absolute Gasteiger partial charge is 0.324 e. The number of hydrogen-bond donors (Lipinski definition) is 2. The second-order valence-corrected chi connectivity index (χ2v) is 6.51. The average molecular weight is 334 g/mol. The van der Waals surface area contributed by atoms with E-state index in [0.29, 0.717) is 24.0 Å². The number of nitrogens with zero attached hydrogens (tertiary/aromatic N) is 2. The second-order valence-electron chi connectivity index (χ2n) is 6.51. The van der Waals surface area contributed by atoms with Gasteiger partial charge in [-0.2, -0.15) is 0 Å². The lowest BCUT2D eigenvalue weighted by Gasteiger charge is -2.08. The summed E-state index contributed by atoms with van der Waals surface area (Å²) in [5.41, 5.74) is 4.53. The van der Waals surface area contributed by atoms with Crippen molar-refractivity contribution >= 4 is 11.6 Å². The maximum absolute atomic E-state index is 12.2. The first-order valence-electron chi connectivity index (χ1n) is 8.39. The first-order chi connectivity index (χ1) is 12.0. The molecule has 5 nitrogen and oxygen atoms in total. The Labute approximate surface area is 147 Å². The van der Waals surface area contributed by atoms with Crippen LogP contribution in [-0.4, -0.2) is 15.2 Å². The quantitative estimate of drug-likeness (QED) is 0.741. The summed E-state index contributed by atoms with van der Waals surface area (Å²) in [7, 11) is 0. The van der Waals surface area contributed by atoms with Crippen LogP contribution in [-0.2, 0) is 6.42 Å². The van der Waals surface area contributed by atoms with Crippen LogP contribution in [0.5, 0.6) is 0 Å². The molecule has 0 amide bonds. The number of aryl methyl sites for hydroxylation is 1. The monoisotopic (exact) mass is 334 g/mol. The molecule has 128 valence electrons. The van der Waals surface area contributed by atoms with Crippen LogP contribution in [0.15, 0.2) is 53.3 Å². The molecule has 0 unspecified atom stereocenters. The minimum absolute atomic E-state index is 0.225. The van der Waals surface area contributed by atoms with Crippen molar-refractivity contribution in [2.24, 2.45) is 0 Å². The summed E-state index contributed by atoms with van der Waals surface area (Å²) in [6, 6.07) is 16.1. The molecule has 0 spiro atoms. The van der Waals surface area contributed by atoms with Gasteiger partial charge in [-0.3, -0.25) is 9.78 Å². The fourth-order valence-corrected chi connectivity index (χ4v) is 2.52. The molecule has 25 heavy (non-hydrogen) atoms. The molecule has 1 heterocycles. The maximum atomic E-state index is 12.2. The second kappa shape index (κ2) is 7.30. The Balaban J connectivity index is 1.73. The Morgan fingerprint density at radius 2 is 1.68 bits per heavy atom. The van der Waals surface area contributed by atoms with Crippen molar-refractivity contribution in [1.29, 1.82) is 0 Å². The molecule has 2 aromatic carbocycles. The third-order valence-electron chi connectivity index (χ3n) is 4.10. The molecule has 0 bridgehead atoms. The third kappa shape index (κ3) is 4.32. The highest BCUT2D eigenvalue weighted by Crippen LogP contribution is 2.18. The van der Waals surface area contributed by atoms with Crippen molar-refractivity contribution in [3.63, 3.8) is 0 Å². The van der Waals surface area contributed by atoms with Crippen molar-refractivity contribution in [2.45, 2.75) is 33.1 Å². The first-order valence-corrected chi connectivity index (χ1v) is 8.39. The van der Waals surface area contributed by atoms with E-state index in [1.54, 1.807) is 0 Å². The fourth-order valence-electron chi connectivity index (χ4n) is 2.52. The van der Waals surface area contributed by atoms with Gasteiger partial charge in [0, 0.05) is 12.1 Å². The average Bonchev–Trinajstić information content (AvgIpc) is 2.60. The van der Waals surface area contributed by atoms with Crippen LogP contribution in [0.1, 0.15) is 42.1 Å². The summed E-state index contributed by atoms with van der Waals surface area (Å²) in [5, 5.41) is 11.3. The number of H-pyrrole nitrogens is 1. The van der Waals surface area contributed by atoms with Gasteiger partial charge in [0.25, 0.3) is 5.56 Å². The van der Waals surface area contributed by atoms with E-state index in [4.69, 9.17) is 0 Å². The summed E-state index contributed by atoms with van der Waals surface area (Å²) in [6.45, 7) is 6.33. The molecule has 0 fully saturated rings. The van der Waals surface area contributed by atoms with Gasteiger partial charge in [-0.15, -0.1) is 10.2 Å². The fraction of sp³-hybridized carbons (Fsp3) is 0.250. The maximum Gasteiger partial charge on any atom is 0.274 e. The predicted octanol–water partition coefficient (Wildman–Crippen LogP) is 3.93. The van der Waals surface area contributed by atoms with E-state index in [2.05, 4.69) is 46.5 Å². The lowest BCUT2D eigenvalue weighted by atomic mass is 10.0. The Morgan fingerprint density at radius 3 is 2.28 bits per heavy atom. The van der Waals surface area contributed by atoms with E-state index in [1.165, 1.54) is 11.1 Å². The molecule has 0 saturated heterocycles. The SMILES string of the molecule is Cc1ccc(Cc2nnc(Nc3ccc(C(C)C)cc3)[nH]c2=O)cc1. The van der Waals surface area contributed by atoms with Crippen molar-refractivity contribution in [3.8, 4) is 0 Å². The van der Waals surface area contributed by atoms with Gasteiger partial charge >= 0.3 is 0 Å². The van der Waals surface area contributed by atoms with E-state index < -0.39 is 0 Å².